The first-order valence-corrected chi connectivity index (χ1v) is 8.24. The summed E-state index contributed by atoms with van der Waals surface area (Å²) < 4.78 is 13.2. The quantitative estimate of drug-likeness (QED) is 0.865. The van der Waals surface area contributed by atoms with Gasteiger partial charge < -0.3 is 10.0 Å². The molecule has 2 saturated carbocycles. The molecule has 0 spiro atoms. The third kappa shape index (κ3) is 3.64. The molecular formula is C18H26FNO. The van der Waals surface area contributed by atoms with Gasteiger partial charge in [0.2, 0.25) is 0 Å². The zero-order valence-corrected chi connectivity index (χ0v) is 12.8. The van der Waals surface area contributed by atoms with Crippen LogP contribution in [0, 0.1) is 23.6 Å². The van der Waals surface area contributed by atoms with Crippen LogP contribution in [-0.2, 0) is 0 Å². The molecule has 2 bridgehead atoms. The average molecular weight is 291 g/mol. The molecule has 2 aliphatic carbocycles. The van der Waals surface area contributed by atoms with Gasteiger partial charge in [0.05, 0.1) is 6.10 Å². The lowest BCUT2D eigenvalue weighted by atomic mass is 9.88. The Balaban J connectivity index is 1.44. The minimum atomic E-state index is -0.567. The Kier molecular flexibility index (Phi) is 4.60. The van der Waals surface area contributed by atoms with Crippen molar-refractivity contribution in [2.75, 3.05) is 20.1 Å². The van der Waals surface area contributed by atoms with E-state index in [1.807, 2.05) is 0 Å². The van der Waals surface area contributed by atoms with E-state index < -0.39 is 6.10 Å². The predicted octanol–water partition coefficient (Wildman–Crippen LogP) is 3.62. The van der Waals surface area contributed by atoms with E-state index in [0.717, 1.165) is 30.8 Å². The van der Waals surface area contributed by atoms with E-state index in [1.165, 1.54) is 37.8 Å². The summed E-state index contributed by atoms with van der Waals surface area (Å²) in [5.41, 5.74) is 0.684. The maximum Gasteiger partial charge on any atom is 0.123 e. The smallest absolute Gasteiger partial charge is 0.123 e. The normalized spacial score (nSPS) is 29.2. The third-order valence-electron chi connectivity index (χ3n) is 5.45. The van der Waals surface area contributed by atoms with E-state index in [2.05, 4.69) is 11.9 Å². The van der Waals surface area contributed by atoms with E-state index >= 15 is 0 Å². The first kappa shape index (κ1) is 15.0. The van der Waals surface area contributed by atoms with Gasteiger partial charge in [-0.3, -0.25) is 0 Å². The monoisotopic (exact) mass is 291 g/mol. The summed E-state index contributed by atoms with van der Waals surface area (Å²) in [5, 5.41) is 10.2. The van der Waals surface area contributed by atoms with Crippen molar-refractivity contribution in [2.24, 2.45) is 17.8 Å². The molecule has 0 amide bonds. The van der Waals surface area contributed by atoms with E-state index in [4.69, 9.17) is 0 Å². The molecule has 0 saturated heterocycles. The summed E-state index contributed by atoms with van der Waals surface area (Å²) in [6.45, 7) is 2.02. The van der Waals surface area contributed by atoms with E-state index in [9.17, 15) is 9.50 Å². The first-order chi connectivity index (χ1) is 10.1. The Labute approximate surface area is 127 Å². The van der Waals surface area contributed by atoms with Gasteiger partial charge >= 0.3 is 0 Å². The Hall–Kier alpha value is -0.930. The molecule has 4 unspecified atom stereocenters. The first-order valence-electron chi connectivity index (χ1n) is 8.24. The highest BCUT2D eigenvalue weighted by atomic mass is 19.1. The van der Waals surface area contributed by atoms with Gasteiger partial charge in [0.1, 0.15) is 5.82 Å². The summed E-state index contributed by atoms with van der Waals surface area (Å²) in [4.78, 5) is 2.34. The van der Waals surface area contributed by atoms with Crippen LogP contribution in [0.5, 0.6) is 0 Å². The highest BCUT2D eigenvalue weighted by Crippen LogP contribution is 2.48. The van der Waals surface area contributed by atoms with Gasteiger partial charge in [0.15, 0.2) is 0 Å². The molecule has 1 N–H and O–H groups in total. The van der Waals surface area contributed by atoms with Gasteiger partial charge in [0, 0.05) is 13.1 Å². The second-order valence-corrected chi connectivity index (χ2v) is 7.06. The van der Waals surface area contributed by atoms with Crippen molar-refractivity contribution in [1.29, 1.82) is 0 Å². The van der Waals surface area contributed by atoms with Crippen LogP contribution in [-0.4, -0.2) is 30.1 Å². The average Bonchev–Trinajstić information content (AvgIpc) is 3.07. The molecule has 4 atom stereocenters. The fraction of sp³-hybridized carbons (Fsp3) is 0.667. The molecule has 2 nitrogen and oxygen atoms in total. The van der Waals surface area contributed by atoms with E-state index in [-0.39, 0.29) is 5.82 Å². The highest BCUT2D eigenvalue weighted by Gasteiger charge is 2.39. The van der Waals surface area contributed by atoms with Crippen molar-refractivity contribution in [2.45, 2.75) is 38.2 Å². The maximum absolute atomic E-state index is 13.2. The number of rotatable bonds is 6. The second-order valence-electron chi connectivity index (χ2n) is 7.06. The molecule has 2 aliphatic rings. The number of nitrogens with zero attached hydrogens (tertiary/aromatic N) is 1. The summed E-state index contributed by atoms with van der Waals surface area (Å²) in [5.74, 6) is 2.53. The van der Waals surface area contributed by atoms with Crippen LogP contribution in [0.25, 0.3) is 0 Å². The topological polar surface area (TPSA) is 23.5 Å². The zero-order chi connectivity index (χ0) is 14.8. The largest absolute Gasteiger partial charge is 0.388 e. The Bertz CT molecular complexity index is 478. The Morgan fingerprint density at radius 2 is 2.19 bits per heavy atom. The minimum Gasteiger partial charge on any atom is -0.388 e. The predicted molar refractivity (Wildman–Crippen MR) is 82.4 cm³/mol. The van der Waals surface area contributed by atoms with Crippen LogP contribution in [0.3, 0.4) is 0 Å². The zero-order valence-electron chi connectivity index (χ0n) is 12.8. The van der Waals surface area contributed by atoms with Crippen LogP contribution >= 0.6 is 0 Å². The van der Waals surface area contributed by atoms with Gasteiger partial charge in [-0.15, -0.1) is 0 Å². The number of aliphatic hydroxyl groups excluding tert-OH is 1. The van der Waals surface area contributed by atoms with Crippen molar-refractivity contribution in [1.82, 2.24) is 4.90 Å². The summed E-state index contributed by atoms with van der Waals surface area (Å²) in [6, 6.07) is 6.30. The van der Waals surface area contributed by atoms with Gasteiger partial charge in [-0.1, -0.05) is 18.6 Å². The van der Waals surface area contributed by atoms with Crippen molar-refractivity contribution in [3.63, 3.8) is 0 Å². The van der Waals surface area contributed by atoms with Gasteiger partial charge in [0.25, 0.3) is 0 Å². The maximum atomic E-state index is 13.2. The molecule has 2 fully saturated rings. The van der Waals surface area contributed by atoms with Gasteiger partial charge in [-0.2, -0.15) is 0 Å². The van der Waals surface area contributed by atoms with E-state index in [1.54, 1.807) is 12.1 Å². The SMILES string of the molecule is CN(CCC(O)c1cccc(F)c1)CC1CC2CCC1C2. The number of halogens is 1. The summed E-state index contributed by atoms with van der Waals surface area (Å²) in [7, 11) is 2.14. The highest BCUT2D eigenvalue weighted by molar-refractivity contribution is 5.18. The Morgan fingerprint density at radius 1 is 1.33 bits per heavy atom. The standard InChI is InChI=1S/C18H26FNO/c1-20(12-16-10-13-5-6-14(16)9-13)8-7-18(21)15-3-2-4-17(19)11-15/h2-4,11,13-14,16,18,21H,5-10,12H2,1H3. The lowest BCUT2D eigenvalue weighted by molar-refractivity contribution is 0.138. The van der Waals surface area contributed by atoms with Gasteiger partial charge in [-0.25, -0.2) is 4.39 Å². The van der Waals surface area contributed by atoms with Crippen molar-refractivity contribution >= 4 is 0 Å². The van der Waals surface area contributed by atoms with Gasteiger partial charge in [-0.05, 0) is 68.2 Å². The minimum absolute atomic E-state index is 0.276. The number of hydrogen-bond acceptors (Lipinski definition) is 2. The number of benzene rings is 1. The van der Waals surface area contributed by atoms with Crippen LogP contribution < -0.4 is 0 Å². The molecular weight excluding hydrogens is 265 g/mol. The lowest BCUT2D eigenvalue weighted by Crippen LogP contribution is -2.30. The van der Waals surface area contributed by atoms with Crippen molar-refractivity contribution < 1.29 is 9.50 Å². The second kappa shape index (κ2) is 6.45. The van der Waals surface area contributed by atoms with Crippen LogP contribution in [0.1, 0.15) is 43.8 Å². The van der Waals surface area contributed by atoms with Crippen LogP contribution in [0.4, 0.5) is 4.39 Å². The number of hydrogen-bond donors (Lipinski definition) is 1. The number of fused-ring (bicyclic) bond motifs is 2. The lowest BCUT2D eigenvalue weighted by Gasteiger charge is -2.27. The molecule has 1 aromatic rings. The van der Waals surface area contributed by atoms with Crippen molar-refractivity contribution in [3.05, 3.63) is 35.6 Å². The number of aliphatic hydroxyl groups is 1. The third-order valence-corrected chi connectivity index (χ3v) is 5.45. The fourth-order valence-corrected chi connectivity index (χ4v) is 4.31. The molecule has 0 radical (unpaired) electrons. The van der Waals surface area contributed by atoms with Crippen molar-refractivity contribution in [3.8, 4) is 0 Å². The molecule has 116 valence electrons. The summed E-state index contributed by atoms with van der Waals surface area (Å²) >= 11 is 0. The molecule has 0 heterocycles. The van der Waals surface area contributed by atoms with E-state index in [0.29, 0.717) is 12.0 Å². The Morgan fingerprint density at radius 3 is 2.86 bits per heavy atom. The van der Waals surface area contributed by atoms with Crippen LogP contribution in [0.15, 0.2) is 24.3 Å². The molecule has 3 rings (SSSR count). The molecule has 1 aromatic carbocycles. The molecule has 0 aliphatic heterocycles. The molecule has 21 heavy (non-hydrogen) atoms. The molecule has 3 heteroatoms. The van der Waals surface area contributed by atoms with Crippen LogP contribution in [0.2, 0.25) is 0 Å². The fourth-order valence-electron chi connectivity index (χ4n) is 4.31. The molecule has 0 aromatic heterocycles. The summed E-state index contributed by atoms with van der Waals surface area (Å²) in [6.07, 6.45) is 5.83.